The monoisotopic (exact) mass is 266 g/mol. The third kappa shape index (κ3) is 2.69. The highest BCUT2D eigenvalue weighted by atomic mass is 32.2. The van der Waals surface area contributed by atoms with Gasteiger partial charge in [0.15, 0.2) is 0 Å². The lowest BCUT2D eigenvalue weighted by atomic mass is 10.1. The first-order valence-electron chi connectivity index (χ1n) is 5.28. The Labute approximate surface area is 106 Å². The molecule has 0 amide bonds. The number of imidazole rings is 1. The van der Waals surface area contributed by atoms with Crippen LogP contribution in [0.15, 0.2) is 36.8 Å². The molecule has 7 heteroatoms. The molecule has 0 unspecified atom stereocenters. The van der Waals surface area contributed by atoms with Crippen LogP contribution in [0.25, 0.3) is 11.3 Å². The number of aromatic nitrogens is 2. The van der Waals surface area contributed by atoms with E-state index in [0.717, 1.165) is 15.6 Å². The van der Waals surface area contributed by atoms with Crippen molar-refractivity contribution in [3.8, 4) is 11.3 Å². The highest BCUT2D eigenvalue weighted by Gasteiger charge is 2.12. The van der Waals surface area contributed by atoms with Crippen molar-refractivity contribution in [2.45, 2.75) is 0 Å². The van der Waals surface area contributed by atoms with Crippen LogP contribution < -0.4 is 4.72 Å². The fourth-order valence-electron chi connectivity index (χ4n) is 1.37. The summed E-state index contributed by atoms with van der Waals surface area (Å²) >= 11 is 0. The minimum absolute atomic E-state index is 0.520. The fourth-order valence-corrected chi connectivity index (χ4v) is 1.99. The molecule has 1 aromatic carbocycles. The molecule has 0 aliphatic heterocycles. The van der Waals surface area contributed by atoms with Gasteiger partial charge >= 0.3 is 10.2 Å². The van der Waals surface area contributed by atoms with Gasteiger partial charge in [0.25, 0.3) is 0 Å². The van der Waals surface area contributed by atoms with Gasteiger partial charge in [-0.25, -0.2) is 4.98 Å². The summed E-state index contributed by atoms with van der Waals surface area (Å²) < 4.78 is 26.8. The summed E-state index contributed by atoms with van der Waals surface area (Å²) in [6.07, 6.45) is 3.30. The lowest BCUT2D eigenvalue weighted by Gasteiger charge is -2.13. The van der Waals surface area contributed by atoms with E-state index in [1.165, 1.54) is 14.1 Å². The number of hydrogen-bond acceptors (Lipinski definition) is 3. The van der Waals surface area contributed by atoms with Crippen molar-refractivity contribution < 1.29 is 8.42 Å². The van der Waals surface area contributed by atoms with E-state index in [1.807, 2.05) is 12.1 Å². The lowest BCUT2D eigenvalue weighted by molar-refractivity contribution is 0.527. The number of hydrogen-bond donors (Lipinski definition) is 2. The van der Waals surface area contributed by atoms with Crippen molar-refractivity contribution in [1.29, 1.82) is 0 Å². The van der Waals surface area contributed by atoms with E-state index in [2.05, 4.69) is 14.7 Å². The number of benzene rings is 1. The maximum atomic E-state index is 11.6. The van der Waals surface area contributed by atoms with Gasteiger partial charge in [-0.3, -0.25) is 4.72 Å². The van der Waals surface area contributed by atoms with Crippen molar-refractivity contribution in [2.75, 3.05) is 18.8 Å². The van der Waals surface area contributed by atoms with Gasteiger partial charge in [0.2, 0.25) is 0 Å². The molecule has 0 fully saturated rings. The fraction of sp³-hybridized carbons (Fsp3) is 0.182. The van der Waals surface area contributed by atoms with E-state index in [4.69, 9.17) is 0 Å². The first-order chi connectivity index (χ1) is 8.49. The zero-order valence-electron chi connectivity index (χ0n) is 10.1. The van der Waals surface area contributed by atoms with Crippen LogP contribution >= 0.6 is 0 Å². The van der Waals surface area contributed by atoms with E-state index in [-0.39, 0.29) is 0 Å². The zero-order valence-corrected chi connectivity index (χ0v) is 10.9. The molecular formula is C11H14N4O2S. The van der Waals surface area contributed by atoms with Crippen LogP contribution in [0.4, 0.5) is 5.69 Å². The third-order valence-corrected chi connectivity index (χ3v) is 3.88. The lowest BCUT2D eigenvalue weighted by Crippen LogP contribution is -2.28. The Bertz CT molecular complexity index is 603. The molecule has 0 aliphatic carbocycles. The minimum atomic E-state index is -3.45. The molecule has 0 radical (unpaired) electrons. The predicted octanol–water partition coefficient (Wildman–Crippen LogP) is 1.29. The van der Waals surface area contributed by atoms with E-state index in [9.17, 15) is 8.42 Å². The minimum Gasteiger partial charge on any atom is -0.345 e. The summed E-state index contributed by atoms with van der Waals surface area (Å²) in [5.74, 6) is 0. The van der Waals surface area contributed by atoms with Gasteiger partial charge in [-0.15, -0.1) is 0 Å². The molecule has 2 rings (SSSR count). The number of aromatic amines is 1. The van der Waals surface area contributed by atoms with Crippen LogP contribution in [0.1, 0.15) is 0 Å². The molecular weight excluding hydrogens is 252 g/mol. The molecule has 0 aliphatic rings. The van der Waals surface area contributed by atoms with Gasteiger partial charge in [-0.05, 0) is 17.7 Å². The van der Waals surface area contributed by atoms with Crippen LogP contribution in [0.5, 0.6) is 0 Å². The van der Waals surface area contributed by atoms with E-state index < -0.39 is 10.2 Å². The molecule has 1 aromatic heterocycles. The molecule has 0 atom stereocenters. The van der Waals surface area contributed by atoms with Crippen LogP contribution in [-0.4, -0.2) is 36.8 Å². The molecule has 1 heterocycles. The number of nitrogens with zero attached hydrogens (tertiary/aromatic N) is 2. The summed E-state index contributed by atoms with van der Waals surface area (Å²) in [5.41, 5.74) is 2.35. The first-order valence-corrected chi connectivity index (χ1v) is 6.72. The average Bonchev–Trinajstić information content (AvgIpc) is 2.83. The Morgan fingerprint density at radius 3 is 2.39 bits per heavy atom. The molecule has 0 bridgehead atoms. The molecule has 0 spiro atoms. The Hall–Kier alpha value is -1.86. The van der Waals surface area contributed by atoms with Gasteiger partial charge in [0.05, 0.1) is 18.2 Å². The summed E-state index contributed by atoms with van der Waals surface area (Å²) in [6, 6.07) is 7.05. The second-order valence-corrected chi connectivity index (χ2v) is 5.82. The molecule has 2 N–H and O–H groups in total. The Kier molecular flexibility index (Phi) is 3.35. The van der Waals surface area contributed by atoms with Gasteiger partial charge in [0.1, 0.15) is 0 Å². The van der Waals surface area contributed by atoms with E-state index in [1.54, 1.807) is 24.7 Å². The maximum absolute atomic E-state index is 11.6. The zero-order chi connectivity index (χ0) is 13.2. The second-order valence-electron chi connectivity index (χ2n) is 3.93. The predicted molar refractivity (Wildman–Crippen MR) is 70.3 cm³/mol. The van der Waals surface area contributed by atoms with E-state index >= 15 is 0 Å². The Balaban J connectivity index is 2.19. The Morgan fingerprint density at radius 1 is 1.22 bits per heavy atom. The van der Waals surface area contributed by atoms with E-state index in [0.29, 0.717) is 5.69 Å². The van der Waals surface area contributed by atoms with Crippen LogP contribution in [-0.2, 0) is 10.2 Å². The Morgan fingerprint density at radius 2 is 1.89 bits per heavy atom. The smallest absolute Gasteiger partial charge is 0.301 e. The SMILES string of the molecule is CN(C)S(=O)(=O)Nc1ccc(-c2cnc[nH]2)cc1. The van der Waals surface area contributed by atoms with Crippen molar-refractivity contribution in [1.82, 2.24) is 14.3 Å². The van der Waals surface area contributed by atoms with Crippen LogP contribution in [0.3, 0.4) is 0 Å². The topological polar surface area (TPSA) is 78.1 Å². The van der Waals surface area contributed by atoms with Gasteiger partial charge in [-0.2, -0.15) is 12.7 Å². The van der Waals surface area contributed by atoms with Gasteiger partial charge in [0, 0.05) is 19.8 Å². The van der Waals surface area contributed by atoms with Crippen LogP contribution in [0, 0.1) is 0 Å². The van der Waals surface area contributed by atoms with Crippen molar-refractivity contribution >= 4 is 15.9 Å². The van der Waals surface area contributed by atoms with Crippen molar-refractivity contribution in [3.05, 3.63) is 36.8 Å². The summed E-state index contributed by atoms with van der Waals surface area (Å²) in [4.78, 5) is 6.91. The number of anilines is 1. The van der Waals surface area contributed by atoms with Crippen molar-refractivity contribution in [2.24, 2.45) is 0 Å². The molecule has 96 valence electrons. The summed E-state index contributed by atoms with van der Waals surface area (Å²) in [6.45, 7) is 0. The van der Waals surface area contributed by atoms with Crippen molar-refractivity contribution in [3.63, 3.8) is 0 Å². The molecule has 2 aromatic rings. The average molecular weight is 266 g/mol. The first kappa shape index (κ1) is 12.6. The normalized spacial score (nSPS) is 11.7. The van der Waals surface area contributed by atoms with Crippen LogP contribution in [0.2, 0.25) is 0 Å². The molecule has 0 saturated heterocycles. The second kappa shape index (κ2) is 4.79. The summed E-state index contributed by atoms with van der Waals surface area (Å²) in [7, 11) is -0.508. The number of H-pyrrole nitrogens is 1. The molecule has 18 heavy (non-hydrogen) atoms. The third-order valence-electron chi connectivity index (χ3n) is 2.42. The largest absolute Gasteiger partial charge is 0.345 e. The molecule has 6 nitrogen and oxygen atoms in total. The molecule has 0 saturated carbocycles. The maximum Gasteiger partial charge on any atom is 0.301 e. The highest BCUT2D eigenvalue weighted by molar-refractivity contribution is 7.90. The number of rotatable bonds is 4. The van der Waals surface area contributed by atoms with Gasteiger partial charge < -0.3 is 4.98 Å². The summed E-state index contributed by atoms with van der Waals surface area (Å²) in [5, 5.41) is 0. The number of nitrogens with one attached hydrogen (secondary N) is 2. The standard InChI is InChI=1S/C11H14N4O2S/c1-15(2)18(16,17)14-10-5-3-9(4-6-10)11-7-12-8-13-11/h3-8,14H,1-2H3,(H,12,13). The highest BCUT2D eigenvalue weighted by Crippen LogP contribution is 2.19. The van der Waals surface area contributed by atoms with Gasteiger partial charge in [-0.1, -0.05) is 12.1 Å². The quantitative estimate of drug-likeness (QED) is 0.875.